The van der Waals surface area contributed by atoms with Crippen LogP contribution >= 0.6 is 15.9 Å². The number of rotatable bonds is 3. The van der Waals surface area contributed by atoms with Gasteiger partial charge in [0.05, 0.1) is 24.7 Å². The Kier molecular flexibility index (Phi) is 3.62. The van der Waals surface area contributed by atoms with E-state index < -0.39 is 31.1 Å². The van der Waals surface area contributed by atoms with Crippen molar-refractivity contribution < 1.29 is 20.1 Å². The fourth-order valence-corrected chi connectivity index (χ4v) is 3.19. The molecule has 0 aliphatic carbocycles. The minimum atomic E-state index is -1.37. The van der Waals surface area contributed by atoms with Crippen LogP contribution in [0, 0.1) is 0 Å². The van der Waals surface area contributed by atoms with E-state index in [2.05, 4.69) is 25.9 Å². The van der Waals surface area contributed by atoms with Gasteiger partial charge in [0, 0.05) is 17.1 Å². The van der Waals surface area contributed by atoms with Crippen LogP contribution in [0.15, 0.2) is 17.0 Å². The number of aliphatic hydroxyl groups is 3. The quantitative estimate of drug-likeness (QED) is 0.597. The van der Waals surface area contributed by atoms with Gasteiger partial charge in [0.25, 0.3) is 0 Å². The standard InChI is InChI=1S/C12H15BrN4O4/c13-6-2-17(11-9(6)10(14)15-5-16-11)8-1-7(20)12(3-18,4-19)21-8/h2,5,7-8,18-20H,1,3-4H2,(H2,14,15,16)/t7-,8+/m0/s1. The van der Waals surface area contributed by atoms with Crippen LogP contribution in [0.4, 0.5) is 5.82 Å². The number of nitrogens with zero attached hydrogens (tertiary/aromatic N) is 3. The Morgan fingerprint density at radius 1 is 1.43 bits per heavy atom. The van der Waals surface area contributed by atoms with Gasteiger partial charge in [-0.25, -0.2) is 9.97 Å². The minimum Gasteiger partial charge on any atom is -0.393 e. The fourth-order valence-electron chi connectivity index (χ4n) is 2.59. The van der Waals surface area contributed by atoms with Gasteiger partial charge in [-0.1, -0.05) is 0 Å². The lowest BCUT2D eigenvalue weighted by atomic mass is 9.99. The maximum atomic E-state index is 10.1. The summed E-state index contributed by atoms with van der Waals surface area (Å²) in [5.41, 5.74) is 5.02. The molecule has 3 heterocycles. The summed E-state index contributed by atoms with van der Waals surface area (Å²) in [6.45, 7) is -0.947. The van der Waals surface area contributed by atoms with Gasteiger partial charge in [0.1, 0.15) is 29.6 Å². The number of fused-ring (bicyclic) bond motifs is 1. The topological polar surface area (TPSA) is 127 Å². The third kappa shape index (κ3) is 2.12. The number of halogens is 1. The molecular weight excluding hydrogens is 344 g/mol. The van der Waals surface area contributed by atoms with Gasteiger partial charge >= 0.3 is 0 Å². The lowest BCUT2D eigenvalue weighted by Gasteiger charge is -2.27. The zero-order valence-electron chi connectivity index (χ0n) is 11.0. The van der Waals surface area contributed by atoms with Crippen LogP contribution in [0.3, 0.4) is 0 Å². The predicted molar refractivity (Wildman–Crippen MR) is 77.3 cm³/mol. The fraction of sp³-hybridized carbons (Fsp3) is 0.500. The average Bonchev–Trinajstić information content (AvgIpc) is 2.98. The van der Waals surface area contributed by atoms with E-state index in [4.69, 9.17) is 10.5 Å². The van der Waals surface area contributed by atoms with Crippen molar-refractivity contribution in [2.75, 3.05) is 18.9 Å². The molecule has 2 atom stereocenters. The number of nitrogens with two attached hydrogens (primary N) is 1. The van der Waals surface area contributed by atoms with E-state index in [-0.39, 0.29) is 6.42 Å². The molecule has 0 saturated carbocycles. The van der Waals surface area contributed by atoms with E-state index in [1.807, 2.05) is 0 Å². The van der Waals surface area contributed by atoms with E-state index in [1.165, 1.54) is 6.33 Å². The number of hydrogen-bond donors (Lipinski definition) is 4. The molecule has 9 heteroatoms. The second-order valence-corrected chi connectivity index (χ2v) is 5.90. The summed E-state index contributed by atoms with van der Waals surface area (Å²) in [5, 5.41) is 29.5. The molecule has 0 spiro atoms. The lowest BCUT2D eigenvalue weighted by Crippen LogP contribution is -2.46. The van der Waals surface area contributed by atoms with Gasteiger partial charge in [-0.15, -0.1) is 0 Å². The number of nitrogen functional groups attached to an aromatic ring is 1. The summed E-state index contributed by atoms with van der Waals surface area (Å²) in [6.07, 6.45) is 1.76. The maximum absolute atomic E-state index is 10.1. The summed E-state index contributed by atoms with van der Waals surface area (Å²) < 4.78 is 8.11. The van der Waals surface area contributed by atoms with Crippen molar-refractivity contribution >= 4 is 32.8 Å². The van der Waals surface area contributed by atoms with Gasteiger partial charge in [0.2, 0.25) is 0 Å². The average molecular weight is 359 g/mol. The number of anilines is 1. The zero-order valence-corrected chi connectivity index (χ0v) is 12.6. The maximum Gasteiger partial charge on any atom is 0.148 e. The first-order valence-electron chi connectivity index (χ1n) is 6.36. The molecule has 3 rings (SSSR count). The molecule has 8 nitrogen and oxygen atoms in total. The van der Waals surface area contributed by atoms with Crippen molar-refractivity contribution in [2.45, 2.75) is 24.4 Å². The van der Waals surface area contributed by atoms with Gasteiger partial charge in [-0.3, -0.25) is 0 Å². The second-order valence-electron chi connectivity index (χ2n) is 5.05. The number of ether oxygens (including phenoxy) is 1. The predicted octanol–water partition coefficient (Wildman–Crippen LogP) is -0.221. The van der Waals surface area contributed by atoms with E-state index in [9.17, 15) is 15.3 Å². The first-order valence-corrected chi connectivity index (χ1v) is 7.16. The highest BCUT2D eigenvalue weighted by Crippen LogP contribution is 2.40. The third-order valence-corrected chi connectivity index (χ3v) is 4.44. The first-order chi connectivity index (χ1) is 10.0. The van der Waals surface area contributed by atoms with E-state index in [0.717, 1.165) is 0 Å². The van der Waals surface area contributed by atoms with Crippen molar-refractivity contribution in [1.29, 1.82) is 0 Å². The number of aliphatic hydroxyl groups excluding tert-OH is 3. The molecule has 0 bridgehead atoms. The summed E-state index contributed by atoms with van der Waals surface area (Å²) in [6, 6.07) is 0. The molecule has 5 N–H and O–H groups in total. The lowest BCUT2D eigenvalue weighted by molar-refractivity contribution is -0.148. The zero-order chi connectivity index (χ0) is 15.2. The van der Waals surface area contributed by atoms with Crippen molar-refractivity contribution in [3.05, 3.63) is 17.0 Å². The van der Waals surface area contributed by atoms with Crippen LogP contribution in [0.25, 0.3) is 11.0 Å². The molecule has 0 amide bonds. The van der Waals surface area contributed by atoms with Crippen molar-refractivity contribution in [2.24, 2.45) is 0 Å². The van der Waals surface area contributed by atoms with Crippen molar-refractivity contribution in [1.82, 2.24) is 14.5 Å². The molecule has 0 aromatic carbocycles. The summed E-state index contributed by atoms with van der Waals surface area (Å²) in [4.78, 5) is 8.12. The highest BCUT2D eigenvalue weighted by Gasteiger charge is 2.48. The van der Waals surface area contributed by atoms with Gasteiger partial charge < -0.3 is 30.4 Å². The Morgan fingerprint density at radius 2 is 2.14 bits per heavy atom. The van der Waals surface area contributed by atoms with Crippen LogP contribution in [0.2, 0.25) is 0 Å². The minimum absolute atomic E-state index is 0.223. The van der Waals surface area contributed by atoms with E-state index in [1.54, 1.807) is 10.8 Å². The smallest absolute Gasteiger partial charge is 0.148 e. The summed E-state index contributed by atoms with van der Waals surface area (Å²) in [5.74, 6) is 0.333. The largest absolute Gasteiger partial charge is 0.393 e. The molecule has 0 radical (unpaired) electrons. The summed E-state index contributed by atoms with van der Waals surface area (Å²) >= 11 is 3.40. The van der Waals surface area contributed by atoms with Crippen molar-refractivity contribution in [3.63, 3.8) is 0 Å². The molecule has 1 fully saturated rings. The van der Waals surface area contributed by atoms with Crippen molar-refractivity contribution in [3.8, 4) is 0 Å². The number of hydrogen-bond acceptors (Lipinski definition) is 7. The van der Waals surface area contributed by atoms with E-state index in [0.29, 0.717) is 21.3 Å². The first kappa shape index (κ1) is 14.7. The molecule has 0 unspecified atom stereocenters. The third-order valence-electron chi connectivity index (χ3n) is 3.84. The van der Waals surface area contributed by atoms with Gasteiger partial charge in [-0.2, -0.15) is 0 Å². The van der Waals surface area contributed by atoms with Gasteiger partial charge in [0.15, 0.2) is 0 Å². The second kappa shape index (κ2) is 5.18. The van der Waals surface area contributed by atoms with Crippen LogP contribution in [-0.4, -0.2) is 54.8 Å². The monoisotopic (exact) mass is 358 g/mol. The van der Waals surface area contributed by atoms with Gasteiger partial charge in [-0.05, 0) is 15.9 Å². The number of aromatic nitrogens is 3. The molecule has 1 aliphatic rings. The Hall–Kier alpha value is -1.26. The van der Waals surface area contributed by atoms with Crippen LogP contribution in [0.5, 0.6) is 0 Å². The van der Waals surface area contributed by atoms with Crippen LogP contribution in [0.1, 0.15) is 12.6 Å². The highest BCUT2D eigenvalue weighted by molar-refractivity contribution is 9.10. The molecular formula is C12H15BrN4O4. The normalized spacial score (nSPS) is 24.8. The Labute approximate surface area is 128 Å². The SMILES string of the molecule is Nc1ncnc2c1c(Br)cn2[C@H]1C[C@H](O)C(CO)(CO)O1. The Morgan fingerprint density at radius 3 is 2.76 bits per heavy atom. The molecule has 21 heavy (non-hydrogen) atoms. The Bertz CT molecular complexity index is 673. The molecule has 1 aliphatic heterocycles. The molecule has 2 aromatic heterocycles. The summed E-state index contributed by atoms with van der Waals surface area (Å²) in [7, 11) is 0. The van der Waals surface area contributed by atoms with Crippen LogP contribution in [-0.2, 0) is 4.74 Å². The Balaban J connectivity index is 2.05. The highest BCUT2D eigenvalue weighted by atomic mass is 79.9. The van der Waals surface area contributed by atoms with Crippen LogP contribution < -0.4 is 5.73 Å². The molecule has 2 aromatic rings. The molecule has 114 valence electrons. The van der Waals surface area contributed by atoms with E-state index >= 15 is 0 Å². The molecule has 1 saturated heterocycles.